The van der Waals surface area contributed by atoms with Crippen molar-refractivity contribution in [1.82, 2.24) is 10.6 Å². The van der Waals surface area contributed by atoms with Crippen LogP contribution in [0.3, 0.4) is 0 Å². The Morgan fingerprint density at radius 3 is 2.36 bits per heavy atom. The van der Waals surface area contributed by atoms with Crippen molar-refractivity contribution in [2.45, 2.75) is 18.6 Å². The highest BCUT2D eigenvalue weighted by Crippen LogP contribution is 2.26. The lowest BCUT2D eigenvalue weighted by Gasteiger charge is -2.33. The first kappa shape index (κ1) is 13.5. The smallest absolute Gasteiger partial charge is 0.0840 e. The highest BCUT2D eigenvalue weighted by molar-refractivity contribution is 5.83. The molecular formula is C20H20N2. The van der Waals surface area contributed by atoms with Crippen LogP contribution < -0.4 is 10.6 Å². The number of hydrogen-bond donors (Lipinski definition) is 2. The molecule has 0 aromatic heterocycles. The zero-order valence-electron chi connectivity index (χ0n) is 12.5. The van der Waals surface area contributed by atoms with Crippen LogP contribution in [0.4, 0.5) is 0 Å². The van der Waals surface area contributed by atoms with Crippen LogP contribution in [0.25, 0.3) is 10.8 Å². The van der Waals surface area contributed by atoms with E-state index in [1.165, 1.54) is 21.9 Å². The molecule has 2 heteroatoms. The largest absolute Gasteiger partial charge is 0.298 e. The molecule has 4 rings (SSSR count). The number of rotatable bonds is 2. The zero-order valence-corrected chi connectivity index (χ0v) is 12.5. The van der Waals surface area contributed by atoms with E-state index in [0.717, 1.165) is 13.0 Å². The van der Waals surface area contributed by atoms with Gasteiger partial charge in [-0.05, 0) is 40.9 Å². The van der Waals surface area contributed by atoms with Crippen molar-refractivity contribution >= 4 is 10.8 Å². The van der Waals surface area contributed by atoms with Gasteiger partial charge in [-0.1, -0.05) is 66.7 Å². The molecule has 1 fully saturated rings. The number of hydrogen-bond acceptors (Lipinski definition) is 2. The van der Waals surface area contributed by atoms with E-state index in [1.807, 2.05) is 0 Å². The van der Waals surface area contributed by atoms with Gasteiger partial charge in [-0.2, -0.15) is 0 Å². The van der Waals surface area contributed by atoms with E-state index in [9.17, 15) is 0 Å². The first-order chi connectivity index (χ1) is 10.9. The Hall–Kier alpha value is -2.16. The third kappa shape index (κ3) is 2.63. The van der Waals surface area contributed by atoms with Crippen LogP contribution in [0.15, 0.2) is 72.8 Å². The molecule has 1 heterocycles. The summed E-state index contributed by atoms with van der Waals surface area (Å²) in [5.74, 6) is 0. The van der Waals surface area contributed by atoms with Crippen LogP contribution in [-0.2, 0) is 0 Å². The molecule has 2 unspecified atom stereocenters. The molecule has 0 saturated carbocycles. The third-order valence-electron chi connectivity index (χ3n) is 4.46. The van der Waals surface area contributed by atoms with E-state index >= 15 is 0 Å². The summed E-state index contributed by atoms with van der Waals surface area (Å²) in [4.78, 5) is 0. The molecule has 1 aliphatic heterocycles. The molecule has 3 aromatic rings. The lowest BCUT2D eigenvalue weighted by atomic mass is 9.98. The Kier molecular flexibility index (Phi) is 3.63. The Balaban J connectivity index is 1.61. The normalized spacial score (nSPS) is 21.8. The Morgan fingerprint density at radius 2 is 1.50 bits per heavy atom. The van der Waals surface area contributed by atoms with Gasteiger partial charge in [0.05, 0.1) is 6.17 Å². The van der Waals surface area contributed by atoms with Crippen LogP contribution >= 0.6 is 0 Å². The van der Waals surface area contributed by atoms with E-state index in [1.54, 1.807) is 0 Å². The summed E-state index contributed by atoms with van der Waals surface area (Å²) in [6, 6.07) is 26.4. The Labute approximate surface area is 131 Å². The van der Waals surface area contributed by atoms with Gasteiger partial charge in [0.1, 0.15) is 0 Å². The van der Waals surface area contributed by atoms with Crippen molar-refractivity contribution in [3.05, 3.63) is 83.9 Å². The van der Waals surface area contributed by atoms with Crippen molar-refractivity contribution in [3.63, 3.8) is 0 Å². The lowest BCUT2D eigenvalue weighted by Crippen LogP contribution is -2.43. The molecule has 0 radical (unpaired) electrons. The fraction of sp³-hybridized carbons (Fsp3) is 0.200. The second-order valence-electron chi connectivity index (χ2n) is 5.91. The fourth-order valence-electron chi connectivity index (χ4n) is 3.27. The second kappa shape index (κ2) is 5.91. The fourth-order valence-corrected chi connectivity index (χ4v) is 3.27. The molecule has 2 N–H and O–H groups in total. The lowest BCUT2D eigenvalue weighted by molar-refractivity contribution is 0.308. The maximum atomic E-state index is 3.74. The summed E-state index contributed by atoms with van der Waals surface area (Å²) >= 11 is 0. The monoisotopic (exact) mass is 288 g/mol. The molecule has 2 nitrogen and oxygen atoms in total. The summed E-state index contributed by atoms with van der Waals surface area (Å²) in [6.45, 7) is 1.03. The standard InChI is InChI=1S/C20H20N2/c1-2-7-16(8-3-1)19-12-13-21-20(22-19)18-11-10-15-6-4-5-9-17(15)14-18/h1-11,14,19-22H,12-13H2. The maximum Gasteiger partial charge on any atom is 0.0840 e. The van der Waals surface area contributed by atoms with Crippen LogP contribution in [-0.4, -0.2) is 6.54 Å². The van der Waals surface area contributed by atoms with Gasteiger partial charge in [-0.25, -0.2) is 0 Å². The average molecular weight is 288 g/mol. The quantitative estimate of drug-likeness (QED) is 0.740. The van der Waals surface area contributed by atoms with Crippen LogP contribution in [0.2, 0.25) is 0 Å². The van der Waals surface area contributed by atoms with Gasteiger partial charge in [-0.3, -0.25) is 10.6 Å². The zero-order chi connectivity index (χ0) is 14.8. The van der Waals surface area contributed by atoms with E-state index < -0.39 is 0 Å². The highest BCUT2D eigenvalue weighted by Gasteiger charge is 2.22. The minimum absolute atomic E-state index is 0.212. The van der Waals surface area contributed by atoms with Gasteiger partial charge in [0, 0.05) is 6.04 Å². The molecule has 110 valence electrons. The molecule has 0 aliphatic carbocycles. The Bertz CT molecular complexity index is 767. The summed E-state index contributed by atoms with van der Waals surface area (Å²) in [5, 5.41) is 9.92. The summed E-state index contributed by atoms with van der Waals surface area (Å²) in [5.41, 5.74) is 2.68. The van der Waals surface area contributed by atoms with E-state index in [0.29, 0.717) is 6.04 Å². The SMILES string of the molecule is c1ccc(C2CCNC(c3ccc4ccccc4c3)N2)cc1. The van der Waals surface area contributed by atoms with Gasteiger partial charge in [0.25, 0.3) is 0 Å². The van der Waals surface area contributed by atoms with E-state index in [-0.39, 0.29) is 6.17 Å². The summed E-state index contributed by atoms with van der Waals surface area (Å²) in [7, 11) is 0. The van der Waals surface area contributed by atoms with Crippen molar-refractivity contribution in [2.75, 3.05) is 6.54 Å². The highest BCUT2D eigenvalue weighted by atomic mass is 15.2. The molecule has 0 amide bonds. The molecule has 0 bridgehead atoms. The van der Waals surface area contributed by atoms with Gasteiger partial charge >= 0.3 is 0 Å². The molecule has 0 spiro atoms. The average Bonchev–Trinajstić information content (AvgIpc) is 2.62. The predicted molar refractivity (Wildman–Crippen MR) is 91.6 cm³/mol. The van der Waals surface area contributed by atoms with Crippen molar-refractivity contribution in [2.24, 2.45) is 0 Å². The first-order valence-corrected chi connectivity index (χ1v) is 7.93. The van der Waals surface area contributed by atoms with Gasteiger partial charge in [0.2, 0.25) is 0 Å². The first-order valence-electron chi connectivity index (χ1n) is 7.93. The van der Waals surface area contributed by atoms with Crippen LogP contribution in [0.5, 0.6) is 0 Å². The number of fused-ring (bicyclic) bond motifs is 1. The molecule has 2 atom stereocenters. The Morgan fingerprint density at radius 1 is 0.727 bits per heavy atom. The van der Waals surface area contributed by atoms with Crippen molar-refractivity contribution < 1.29 is 0 Å². The van der Waals surface area contributed by atoms with Gasteiger partial charge < -0.3 is 0 Å². The van der Waals surface area contributed by atoms with Gasteiger partial charge in [-0.15, -0.1) is 0 Å². The maximum absolute atomic E-state index is 3.74. The van der Waals surface area contributed by atoms with E-state index in [4.69, 9.17) is 0 Å². The van der Waals surface area contributed by atoms with E-state index in [2.05, 4.69) is 83.4 Å². The number of nitrogens with one attached hydrogen (secondary N) is 2. The molecule has 1 aliphatic rings. The van der Waals surface area contributed by atoms with Crippen LogP contribution in [0.1, 0.15) is 29.8 Å². The molecular weight excluding hydrogens is 268 g/mol. The minimum atomic E-state index is 0.212. The second-order valence-corrected chi connectivity index (χ2v) is 5.91. The van der Waals surface area contributed by atoms with Gasteiger partial charge in [0.15, 0.2) is 0 Å². The van der Waals surface area contributed by atoms with Crippen LogP contribution in [0, 0.1) is 0 Å². The number of benzene rings is 3. The predicted octanol–water partition coefficient (Wildman–Crippen LogP) is 4.16. The molecule has 3 aromatic carbocycles. The third-order valence-corrected chi connectivity index (χ3v) is 4.46. The summed E-state index contributed by atoms with van der Waals surface area (Å²) < 4.78 is 0. The van der Waals surface area contributed by atoms with Crippen molar-refractivity contribution in [1.29, 1.82) is 0 Å². The minimum Gasteiger partial charge on any atom is -0.298 e. The van der Waals surface area contributed by atoms with Crippen molar-refractivity contribution in [3.8, 4) is 0 Å². The topological polar surface area (TPSA) is 24.1 Å². The molecule has 22 heavy (non-hydrogen) atoms. The summed E-state index contributed by atoms with van der Waals surface area (Å²) in [6.07, 6.45) is 1.33. The molecule has 1 saturated heterocycles.